The zero-order chi connectivity index (χ0) is 15.5. The second kappa shape index (κ2) is 6.99. The van der Waals surface area contributed by atoms with Gasteiger partial charge in [-0.1, -0.05) is 41.5 Å². The van der Waals surface area contributed by atoms with Crippen LogP contribution in [0, 0.1) is 11.8 Å². The van der Waals surface area contributed by atoms with Crippen LogP contribution >= 0.6 is 23.2 Å². The average molecular weight is 347 g/mol. The number of rotatable bonds is 2. The van der Waals surface area contributed by atoms with Gasteiger partial charge >= 0.3 is 0 Å². The third-order valence-corrected chi connectivity index (χ3v) is 6.07. The van der Waals surface area contributed by atoms with Gasteiger partial charge < -0.3 is 5.73 Å². The normalized spacial score (nSPS) is 16.3. The first kappa shape index (κ1) is 16.6. The van der Waals surface area contributed by atoms with Crippen molar-refractivity contribution >= 4 is 33.2 Å². The molecule has 114 valence electrons. The van der Waals surface area contributed by atoms with Crippen LogP contribution in [-0.2, 0) is 10.0 Å². The molecule has 0 unspecified atom stereocenters. The Morgan fingerprint density at radius 2 is 1.71 bits per heavy atom. The van der Waals surface area contributed by atoms with E-state index < -0.39 is 10.0 Å². The smallest absolute Gasteiger partial charge is 0.246 e. The lowest BCUT2D eigenvalue weighted by Gasteiger charge is -2.26. The van der Waals surface area contributed by atoms with Crippen molar-refractivity contribution in [3.63, 3.8) is 0 Å². The van der Waals surface area contributed by atoms with E-state index in [1.54, 1.807) is 0 Å². The van der Waals surface area contributed by atoms with E-state index in [0.717, 1.165) is 19.3 Å². The van der Waals surface area contributed by atoms with Crippen molar-refractivity contribution in [2.24, 2.45) is 5.73 Å². The second-order valence-electron chi connectivity index (χ2n) is 4.74. The number of halogens is 2. The highest BCUT2D eigenvalue weighted by atomic mass is 35.5. The zero-order valence-electron chi connectivity index (χ0n) is 11.4. The van der Waals surface area contributed by atoms with Gasteiger partial charge in [-0.2, -0.15) is 4.31 Å². The first-order valence-corrected chi connectivity index (χ1v) is 8.84. The van der Waals surface area contributed by atoms with E-state index in [1.165, 1.54) is 16.4 Å². The van der Waals surface area contributed by atoms with Gasteiger partial charge in [0.05, 0.1) is 16.6 Å². The van der Waals surface area contributed by atoms with E-state index in [2.05, 4.69) is 11.8 Å². The maximum atomic E-state index is 12.7. The van der Waals surface area contributed by atoms with Crippen LogP contribution in [0.2, 0.25) is 10.0 Å². The minimum Gasteiger partial charge on any atom is -0.320 e. The third kappa shape index (κ3) is 3.71. The van der Waals surface area contributed by atoms with Crippen molar-refractivity contribution in [1.29, 1.82) is 0 Å². The van der Waals surface area contributed by atoms with E-state index in [0.29, 0.717) is 18.7 Å². The second-order valence-corrected chi connectivity index (χ2v) is 7.43. The Kier molecular flexibility index (Phi) is 5.53. The Bertz CT molecular complexity index is 664. The van der Waals surface area contributed by atoms with Crippen molar-refractivity contribution in [2.75, 3.05) is 19.6 Å². The summed E-state index contributed by atoms with van der Waals surface area (Å²) in [6.07, 6.45) is 2.75. The van der Waals surface area contributed by atoms with Crippen LogP contribution < -0.4 is 5.73 Å². The molecular formula is C14H16Cl2N2O2S. The standard InChI is InChI=1S/C14H16Cl2N2O2S/c15-12-9-11(5-4-6-17)10-13(16)14(12)21(19,20)18-7-2-1-3-8-18/h9-10H,1-3,6-8,17H2. The molecule has 1 aliphatic rings. The molecule has 0 saturated carbocycles. The summed E-state index contributed by atoms with van der Waals surface area (Å²) in [5.41, 5.74) is 5.86. The number of piperidine rings is 1. The monoisotopic (exact) mass is 346 g/mol. The number of hydrogen-bond acceptors (Lipinski definition) is 3. The molecule has 0 spiro atoms. The van der Waals surface area contributed by atoms with Gasteiger partial charge in [-0.25, -0.2) is 8.42 Å². The Morgan fingerprint density at radius 3 is 2.24 bits per heavy atom. The molecule has 1 aliphatic heterocycles. The van der Waals surface area contributed by atoms with Crippen LogP contribution in [0.25, 0.3) is 0 Å². The summed E-state index contributed by atoms with van der Waals surface area (Å²) in [6, 6.07) is 3.01. The highest BCUT2D eigenvalue weighted by Crippen LogP contribution is 2.33. The largest absolute Gasteiger partial charge is 0.320 e. The summed E-state index contributed by atoms with van der Waals surface area (Å²) < 4.78 is 26.7. The number of benzene rings is 1. The molecule has 7 heteroatoms. The molecule has 0 radical (unpaired) electrons. The number of nitrogens with zero attached hydrogens (tertiary/aromatic N) is 1. The van der Waals surface area contributed by atoms with Crippen molar-refractivity contribution in [3.05, 3.63) is 27.7 Å². The molecule has 0 aliphatic carbocycles. The first-order valence-electron chi connectivity index (χ1n) is 6.65. The topological polar surface area (TPSA) is 63.4 Å². The highest BCUT2D eigenvalue weighted by Gasteiger charge is 2.30. The fraction of sp³-hybridized carbons (Fsp3) is 0.429. The maximum Gasteiger partial charge on any atom is 0.246 e. The quantitative estimate of drug-likeness (QED) is 0.836. The van der Waals surface area contributed by atoms with Crippen molar-refractivity contribution in [3.8, 4) is 11.8 Å². The molecule has 2 rings (SSSR count). The molecule has 0 aromatic heterocycles. The first-order chi connectivity index (χ1) is 9.96. The Hall–Kier alpha value is -0.770. The van der Waals surface area contributed by atoms with Gasteiger partial charge in [0, 0.05) is 18.7 Å². The zero-order valence-corrected chi connectivity index (χ0v) is 13.7. The van der Waals surface area contributed by atoms with Gasteiger partial charge in [0.2, 0.25) is 10.0 Å². The lowest BCUT2D eigenvalue weighted by Crippen LogP contribution is -2.35. The van der Waals surface area contributed by atoms with E-state index in [1.807, 2.05) is 0 Å². The van der Waals surface area contributed by atoms with Gasteiger partial charge in [0.1, 0.15) is 4.90 Å². The Labute approximate surface area is 135 Å². The Morgan fingerprint density at radius 1 is 1.14 bits per heavy atom. The molecule has 1 fully saturated rings. The van der Waals surface area contributed by atoms with E-state index >= 15 is 0 Å². The van der Waals surface area contributed by atoms with Crippen molar-refractivity contribution in [1.82, 2.24) is 4.31 Å². The summed E-state index contributed by atoms with van der Waals surface area (Å²) in [5.74, 6) is 5.47. The molecule has 0 bridgehead atoms. The van der Waals surface area contributed by atoms with Crippen LogP contribution in [0.3, 0.4) is 0 Å². The molecule has 2 N–H and O–H groups in total. The van der Waals surface area contributed by atoms with Gasteiger partial charge in [-0.3, -0.25) is 0 Å². The molecule has 0 amide bonds. The minimum absolute atomic E-state index is 0.0361. The summed E-state index contributed by atoms with van der Waals surface area (Å²) in [5, 5.41) is 0.184. The number of sulfonamides is 1. The van der Waals surface area contributed by atoms with Crippen LogP contribution in [0.4, 0.5) is 0 Å². The SMILES string of the molecule is NCC#Cc1cc(Cl)c(S(=O)(=O)N2CCCCC2)c(Cl)c1. The molecule has 21 heavy (non-hydrogen) atoms. The number of nitrogens with two attached hydrogens (primary N) is 1. The van der Waals surface area contributed by atoms with Crippen molar-refractivity contribution < 1.29 is 8.42 Å². The van der Waals surface area contributed by atoms with Crippen LogP contribution in [0.15, 0.2) is 17.0 Å². The van der Waals surface area contributed by atoms with Crippen LogP contribution in [0.5, 0.6) is 0 Å². The Balaban J connectivity index is 2.43. The summed E-state index contributed by atoms with van der Waals surface area (Å²) >= 11 is 12.3. The summed E-state index contributed by atoms with van der Waals surface area (Å²) in [6.45, 7) is 1.22. The maximum absolute atomic E-state index is 12.7. The van der Waals surface area contributed by atoms with Gasteiger partial charge in [-0.15, -0.1) is 0 Å². The van der Waals surface area contributed by atoms with Gasteiger partial charge in [0.25, 0.3) is 0 Å². The highest BCUT2D eigenvalue weighted by molar-refractivity contribution is 7.89. The van der Waals surface area contributed by atoms with Gasteiger partial charge in [-0.05, 0) is 25.0 Å². The number of hydrogen-bond donors (Lipinski definition) is 1. The van der Waals surface area contributed by atoms with E-state index in [-0.39, 0.29) is 21.5 Å². The molecular weight excluding hydrogens is 331 g/mol. The van der Waals surface area contributed by atoms with Crippen molar-refractivity contribution in [2.45, 2.75) is 24.2 Å². The fourth-order valence-electron chi connectivity index (χ4n) is 2.27. The predicted molar refractivity (Wildman–Crippen MR) is 85.0 cm³/mol. The lowest BCUT2D eigenvalue weighted by molar-refractivity contribution is 0.346. The van der Waals surface area contributed by atoms with Crippen LogP contribution in [-0.4, -0.2) is 32.4 Å². The average Bonchev–Trinajstić information content (AvgIpc) is 2.45. The molecule has 4 nitrogen and oxygen atoms in total. The molecule has 1 aromatic rings. The third-order valence-electron chi connectivity index (χ3n) is 3.25. The molecule has 1 aromatic carbocycles. The van der Waals surface area contributed by atoms with E-state index in [4.69, 9.17) is 28.9 Å². The van der Waals surface area contributed by atoms with Gasteiger partial charge in [0.15, 0.2) is 0 Å². The minimum atomic E-state index is -3.66. The summed E-state index contributed by atoms with van der Waals surface area (Å²) in [4.78, 5) is -0.0361. The predicted octanol–water partition coefficient (Wildman–Crippen LogP) is 2.48. The molecule has 1 saturated heterocycles. The lowest BCUT2D eigenvalue weighted by atomic mass is 10.2. The molecule has 0 atom stereocenters. The van der Waals surface area contributed by atoms with E-state index in [9.17, 15) is 8.42 Å². The summed E-state index contributed by atoms with van der Waals surface area (Å²) in [7, 11) is -3.66. The fourth-order valence-corrected chi connectivity index (χ4v) is 4.95. The molecule has 1 heterocycles. The van der Waals surface area contributed by atoms with Crippen LogP contribution in [0.1, 0.15) is 24.8 Å².